The SMILES string of the molecule is COc1ccc(NCc2sccc2Br)cc1C. The lowest BCUT2D eigenvalue weighted by atomic mass is 10.2. The summed E-state index contributed by atoms with van der Waals surface area (Å²) in [4.78, 5) is 1.30. The molecule has 0 unspecified atom stereocenters. The lowest BCUT2D eigenvalue weighted by Gasteiger charge is -2.09. The first-order chi connectivity index (χ1) is 8.20. The molecule has 2 nitrogen and oxygen atoms in total. The van der Waals surface area contributed by atoms with E-state index in [4.69, 9.17) is 4.74 Å². The summed E-state index contributed by atoms with van der Waals surface area (Å²) in [5.41, 5.74) is 2.26. The van der Waals surface area contributed by atoms with Gasteiger partial charge < -0.3 is 10.1 Å². The first kappa shape index (κ1) is 12.5. The van der Waals surface area contributed by atoms with E-state index in [9.17, 15) is 0 Å². The van der Waals surface area contributed by atoms with Gasteiger partial charge in [0.05, 0.1) is 13.7 Å². The molecule has 4 heteroatoms. The minimum absolute atomic E-state index is 0.837. The van der Waals surface area contributed by atoms with Gasteiger partial charge in [-0.2, -0.15) is 0 Å². The molecule has 0 aliphatic carbocycles. The number of hydrogen-bond donors (Lipinski definition) is 1. The monoisotopic (exact) mass is 311 g/mol. The highest BCUT2D eigenvalue weighted by Crippen LogP contribution is 2.25. The Morgan fingerprint density at radius 3 is 2.76 bits per heavy atom. The van der Waals surface area contributed by atoms with Crippen molar-refractivity contribution >= 4 is 33.0 Å². The normalized spacial score (nSPS) is 10.3. The maximum absolute atomic E-state index is 5.24. The lowest BCUT2D eigenvalue weighted by Crippen LogP contribution is -1.98. The number of aryl methyl sites for hydroxylation is 1. The number of thiophene rings is 1. The van der Waals surface area contributed by atoms with Crippen LogP contribution in [0.3, 0.4) is 0 Å². The van der Waals surface area contributed by atoms with E-state index in [1.165, 1.54) is 9.35 Å². The van der Waals surface area contributed by atoms with Crippen molar-refractivity contribution in [3.05, 3.63) is 44.6 Å². The Kier molecular flexibility index (Phi) is 4.07. The second-order valence-corrected chi connectivity index (χ2v) is 5.58. The summed E-state index contributed by atoms with van der Waals surface area (Å²) in [5, 5.41) is 5.49. The highest BCUT2D eigenvalue weighted by molar-refractivity contribution is 9.10. The topological polar surface area (TPSA) is 21.3 Å². The number of ether oxygens (including phenoxy) is 1. The molecule has 90 valence electrons. The molecule has 0 aliphatic heterocycles. The fraction of sp³-hybridized carbons (Fsp3) is 0.231. The molecule has 0 amide bonds. The molecule has 0 fully saturated rings. The summed E-state index contributed by atoms with van der Waals surface area (Å²) in [6.07, 6.45) is 0. The molecule has 1 heterocycles. The van der Waals surface area contributed by atoms with Crippen molar-refractivity contribution < 1.29 is 4.74 Å². The van der Waals surface area contributed by atoms with Crippen molar-refractivity contribution in [3.63, 3.8) is 0 Å². The minimum Gasteiger partial charge on any atom is -0.496 e. The molecule has 0 radical (unpaired) electrons. The van der Waals surface area contributed by atoms with E-state index in [0.717, 1.165) is 23.5 Å². The van der Waals surface area contributed by atoms with Gasteiger partial charge in [0.1, 0.15) is 5.75 Å². The van der Waals surface area contributed by atoms with Gasteiger partial charge in [-0.15, -0.1) is 11.3 Å². The van der Waals surface area contributed by atoms with Crippen LogP contribution >= 0.6 is 27.3 Å². The van der Waals surface area contributed by atoms with Crippen molar-refractivity contribution in [3.8, 4) is 5.75 Å². The average molecular weight is 312 g/mol. The van der Waals surface area contributed by atoms with Crippen molar-refractivity contribution in [1.82, 2.24) is 0 Å². The zero-order chi connectivity index (χ0) is 12.3. The Bertz CT molecular complexity index is 510. The summed E-state index contributed by atoms with van der Waals surface area (Å²) >= 11 is 5.27. The van der Waals surface area contributed by atoms with Gasteiger partial charge in [0.15, 0.2) is 0 Å². The van der Waals surface area contributed by atoms with Crippen molar-refractivity contribution in [2.24, 2.45) is 0 Å². The molecule has 0 aliphatic rings. The van der Waals surface area contributed by atoms with Crippen molar-refractivity contribution in [2.45, 2.75) is 13.5 Å². The Morgan fingerprint density at radius 2 is 2.18 bits per heavy atom. The van der Waals surface area contributed by atoms with Crippen molar-refractivity contribution in [1.29, 1.82) is 0 Å². The number of rotatable bonds is 4. The summed E-state index contributed by atoms with van der Waals surface area (Å²) in [5.74, 6) is 0.924. The number of halogens is 1. The molecule has 17 heavy (non-hydrogen) atoms. The Morgan fingerprint density at radius 1 is 1.35 bits per heavy atom. The number of methoxy groups -OCH3 is 1. The van der Waals surface area contributed by atoms with Gasteiger partial charge in [0, 0.05) is 15.0 Å². The Labute approximate surface area is 114 Å². The average Bonchev–Trinajstić information content (AvgIpc) is 2.72. The summed E-state index contributed by atoms with van der Waals surface area (Å²) in [6, 6.07) is 8.19. The quantitative estimate of drug-likeness (QED) is 0.901. The second-order valence-electron chi connectivity index (χ2n) is 3.73. The number of benzene rings is 1. The van der Waals surface area contributed by atoms with E-state index < -0.39 is 0 Å². The van der Waals surface area contributed by atoms with Crippen LogP contribution < -0.4 is 10.1 Å². The third-order valence-electron chi connectivity index (χ3n) is 2.54. The molecule has 2 aromatic rings. The first-order valence-electron chi connectivity index (χ1n) is 5.31. The van der Waals surface area contributed by atoms with Crippen LogP contribution in [0.5, 0.6) is 5.75 Å². The van der Waals surface area contributed by atoms with Crippen LogP contribution in [0.4, 0.5) is 5.69 Å². The molecular weight excluding hydrogens is 298 g/mol. The van der Waals surface area contributed by atoms with E-state index in [1.54, 1.807) is 18.4 Å². The smallest absolute Gasteiger partial charge is 0.121 e. The van der Waals surface area contributed by atoms with E-state index in [0.29, 0.717) is 0 Å². The maximum Gasteiger partial charge on any atom is 0.121 e. The van der Waals surface area contributed by atoms with Crippen LogP contribution in [-0.2, 0) is 6.54 Å². The third-order valence-corrected chi connectivity index (χ3v) is 4.47. The molecular formula is C13H14BrNOS. The van der Waals surface area contributed by atoms with Gasteiger partial charge in [0.2, 0.25) is 0 Å². The van der Waals surface area contributed by atoms with Crippen molar-refractivity contribution in [2.75, 3.05) is 12.4 Å². The van der Waals surface area contributed by atoms with Gasteiger partial charge in [-0.25, -0.2) is 0 Å². The minimum atomic E-state index is 0.837. The predicted molar refractivity (Wildman–Crippen MR) is 77.1 cm³/mol. The molecule has 0 spiro atoms. The van der Waals surface area contributed by atoms with E-state index in [2.05, 4.69) is 38.8 Å². The molecule has 1 aromatic carbocycles. The molecule has 2 rings (SSSR count). The molecule has 1 aromatic heterocycles. The van der Waals surface area contributed by atoms with Gasteiger partial charge in [-0.05, 0) is 58.1 Å². The van der Waals surface area contributed by atoms with E-state index in [1.807, 2.05) is 19.1 Å². The summed E-state index contributed by atoms with van der Waals surface area (Å²) in [7, 11) is 1.69. The summed E-state index contributed by atoms with van der Waals surface area (Å²) in [6.45, 7) is 2.88. The lowest BCUT2D eigenvalue weighted by molar-refractivity contribution is 0.412. The first-order valence-corrected chi connectivity index (χ1v) is 6.98. The fourth-order valence-electron chi connectivity index (χ4n) is 1.62. The number of hydrogen-bond acceptors (Lipinski definition) is 3. The number of anilines is 1. The summed E-state index contributed by atoms with van der Waals surface area (Å²) < 4.78 is 6.40. The van der Waals surface area contributed by atoms with Gasteiger partial charge >= 0.3 is 0 Å². The second kappa shape index (κ2) is 5.56. The van der Waals surface area contributed by atoms with Crippen LogP contribution in [0, 0.1) is 6.92 Å². The highest BCUT2D eigenvalue weighted by Gasteiger charge is 2.02. The van der Waals surface area contributed by atoms with E-state index >= 15 is 0 Å². The fourth-order valence-corrected chi connectivity index (χ4v) is 3.05. The Balaban J connectivity index is 2.05. The molecule has 0 atom stereocenters. The third kappa shape index (κ3) is 3.01. The standard InChI is InChI=1S/C13H14BrNOS/c1-9-7-10(3-4-12(9)16-2)15-8-13-11(14)5-6-17-13/h3-7,15H,8H2,1-2H3. The number of nitrogens with one attached hydrogen (secondary N) is 1. The van der Waals surface area contributed by atoms with Gasteiger partial charge in [0.25, 0.3) is 0 Å². The van der Waals surface area contributed by atoms with Crippen LogP contribution in [0.25, 0.3) is 0 Å². The van der Waals surface area contributed by atoms with Crippen LogP contribution in [0.1, 0.15) is 10.4 Å². The van der Waals surface area contributed by atoms with Crippen LogP contribution in [-0.4, -0.2) is 7.11 Å². The molecule has 0 saturated carbocycles. The van der Waals surface area contributed by atoms with Gasteiger partial charge in [-0.3, -0.25) is 0 Å². The largest absolute Gasteiger partial charge is 0.496 e. The molecule has 0 saturated heterocycles. The van der Waals surface area contributed by atoms with Crippen LogP contribution in [0.15, 0.2) is 34.1 Å². The highest BCUT2D eigenvalue weighted by atomic mass is 79.9. The maximum atomic E-state index is 5.24. The predicted octanol–water partition coefficient (Wildman–Crippen LogP) is 4.44. The molecule has 1 N–H and O–H groups in total. The molecule has 0 bridgehead atoms. The van der Waals surface area contributed by atoms with Gasteiger partial charge in [-0.1, -0.05) is 0 Å². The van der Waals surface area contributed by atoms with Crippen LogP contribution in [0.2, 0.25) is 0 Å². The zero-order valence-corrected chi connectivity index (χ0v) is 12.2. The zero-order valence-electron chi connectivity index (χ0n) is 9.79. The van der Waals surface area contributed by atoms with E-state index in [-0.39, 0.29) is 0 Å². The Hall–Kier alpha value is -1.00.